The number of alkyl halides is 1. The molecule has 1 saturated carbocycles. The highest BCUT2D eigenvalue weighted by Crippen LogP contribution is 2.24. The fourth-order valence-corrected chi connectivity index (χ4v) is 4.02. The van der Waals surface area contributed by atoms with Gasteiger partial charge in [-0.2, -0.15) is 0 Å². The standard InChI is InChI=1S/C13H18ClNO2S/c14-12-7-4-8-13(12)15-18(16,17)10-9-11-5-2-1-3-6-11/h1-3,5-6,12-13,15H,4,7-10H2. The molecule has 1 aliphatic carbocycles. The highest BCUT2D eigenvalue weighted by Gasteiger charge is 2.28. The van der Waals surface area contributed by atoms with Crippen LogP contribution < -0.4 is 4.72 Å². The van der Waals surface area contributed by atoms with Gasteiger partial charge in [-0.05, 0) is 24.8 Å². The zero-order valence-electron chi connectivity index (χ0n) is 10.2. The molecule has 0 bridgehead atoms. The van der Waals surface area contributed by atoms with Gasteiger partial charge in [-0.1, -0.05) is 36.8 Å². The summed E-state index contributed by atoms with van der Waals surface area (Å²) in [4.78, 5) is 0. The van der Waals surface area contributed by atoms with E-state index in [-0.39, 0.29) is 17.2 Å². The number of benzene rings is 1. The van der Waals surface area contributed by atoms with Crippen molar-refractivity contribution in [2.45, 2.75) is 37.1 Å². The van der Waals surface area contributed by atoms with Crippen LogP contribution in [0.4, 0.5) is 0 Å². The van der Waals surface area contributed by atoms with Gasteiger partial charge in [0.25, 0.3) is 0 Å². The molecule has 0 saturated heterocycles. The number of sulfonamides is 1. The van der Waals surface area contributed by atoms with Crippen molar-refractivity contribution < 1.29 is 8.42 Å². The number of nitrogens with one attached hydrogen (secondary N) is 1. The summed E-state index contributed by atoms with van der Waals surface area (Å²) in [5, 5.41) is -0.0588. The van der Waals surface area contributed by atoms with Gasteiger partial charge in [0.1, 0.15) is 0 Å². The van der Waals surface area contributed by atoms with Crippen molar-refractivity contribution in [1.29, 1.82) is 0 Å². The molecule has 3 nitrogen and oxygen atoms in total. The Labute approximate surface area is 114 Å². The normalized spacial score (nSPS) is 24.3. The molecule has 1 N–H and O–H groups in total. The third kappa shape index (κ3) is 3.97. The van der Waals surface area contributed by atoms with Crippen LogP contribution in [0.3, 0.4) is 0 Å². The van der Waals surface area contributed by atoms with Gasteiger partial charge in [-0.3, -0.25) is 0 Å². The van der Waals surface area contributed by atoms with Crippen molar-refractivity contribution in [3.63, 3.8) is 0 Å². The SMILES string of the molecule is O=S(=O)(CCc1ccccc1)NC1CCCC1Cl. The second kappa shape index (κ2) is 6.04. The van der Waals surface area contributed by atoms with Crippen LogP contribution in [0.15, 0.2) is 30.3 Å². The minimum atomic E-state index is -3.23. The quantitative estimate of drug-likeness (QED) is 0.845. The Morgan fingerprint density at radius 3 is 2.56 bits per heavy atom. The van der Waals surface area contributed by atoms with Gasteiger partial charge in [0.05, 0.1) is 5.75 Å². The van der Waals surface area contributed by atoms with Crippen molar-refractivity contribution >= 4 is 21.6 Å². The third-order valence-electron chi connectivity index (χ3n) is 3.26. The van der Waals surface area contributed by atoms with E-state index in [1.54, 1.807) is 0 Å². The number of hydrogen-bond donors (Lipinski definition) is 1. The molecular weight excluding hydrogens is 270 g/mol. The third-order valence-corrected chi connectivity index (χ3v) is 5.19. The Morgan fingerprint density at radius 2 is 1.94 bits per heavy atom. The zero-order valence-corrected chi connectivity index (χ0v) is 11.8. The Bertz CT molecular complexity index is 475. The summed E-state index contributed by atoms with van der Waals surface area (Å²) in [6.07, 6.45) is 3.28. The summed E-state index contributed by atoms with van der Waals surface area (Å²) in [5.74, 6) is 0.122. The van der Waals surface area contributed by atoms with Crippen LogP contribution in [-0.2, 0) is 16.4 Å². The number of hydrogen-bond acceptors (Lipinski definition) is 2. The molecular formula is C13H18ClNO2S. The predicted molar refractivity (Wildman–Crippen MR) is 74.3 cm³/mol. The highest BCUT2D eigenvalue weighted by atomic mass is 35.5. The van der Waals surface area contributed by atoms with Crippen LogP contribution in [0, 0.1) is 0 Å². The molecule has 0 spiro atoms. The molecule has 18 heavy (non-hydrogen) atoms. The largest absolute Gasteiger partial charge is 0.212 e. The summed E-state index contributed by atoms with van der Waals surface area (Å²) in [7, 11) is -3.23. The molecule has 0 amide bonds. The topological polar surface area (TPSA) is 46.2 Å². The van der Waals surface area contributed by atoms with Gasteiger partial charge in [-0.25, -0.2) is 13.1 Å². The Kier molecular flexibility index (Phi) is 4.65. The molecule has 1 aromatic rings. The zero-order chi connectivity index (χ0) is 13.0. The van der Waals surface area contributed by atoms with E-state index in [4.69, 9.17) is 11.6 Å². The van der Waals surface area contributed by atoms with E-state index in [0.29, 0.717) is 6.42 Å². The van der Waals surface area contributed by atoms with Gasteiger partial charge in [0.2, 0.25) is 10.0 Å². The van der Waals surface area contributed by atoms with Crippen LogP contribution in [0.5, 0.6) is 0 Å². The minimum absolute atomic E-state index is 0.0588. The van der Waals surface area contributed by atoms with Gasteiger partial charge >= 0.3 is 0 Å². The van der Waals surface area contributed by atoms with E-state index >= 15 is 0 Å². The summed E-state index contributed by atoms with van der Waals surface area (Å²) >= 11 is 6.07. The number of aryl methyl sites for hydroxylation is 1. The molecule has 0 heterocycles. The van der Waals surface area contributed by atoms with E-state index < -0.39 is 10.0 Å². The monoisotopic (exact) mass is 287 g/mol. The first-order valence-electron chi connectivity index (χ1n) is 6.25. The summed E-state index contributed by atoms with van der Waals surface area (Å²) in [5.41, 5.74) is 1.04. The molecule has 5 heteroatoms. The van der Waals surface area contributed by atoms with Crippen LogP contribution in [0.25, 0.3) is 0 Å². The Balaban J connectivity index is 1.88. The van der Waals surface area contributed by atoms with Crippen molar-refractivity contribution in [2.75, 3.05) is 5.75 Å². The fourth-order valence-electron chi connectivity index (χ4n) is 2.23. The molecule has 1 aromatic carbocycles. The average molecular weight is 288 g/mol. The molecule has 0 radical (unpaired) electrons. The maximum atomic E-state index is 11.9. The molecule has 1 aliphatic rings. The first kappa shape index (κ1) is 13.8. The van der Waals surface area contributed by atoms with Crippen LogP contribution >= 0.6 is 11.6 Å². The summed E-state index contributed by atoms with van der Waals surface area (Å²) in [6, 6.07) is 9.55. The number of rotatable bonds is 5. The van der Waals surface area contributed by atoms with Crippen molar-refractivity contribution in [1.82, 2.24) is 4.72 Å². The smallest absolute Gasteiger partial charge is 0.212 e. The van der Waals surface area contributed by atoms with Crippen molar-refractivity contribution in [2.24, 2.45) is 0 Å². The van der Waals surface area contributed by atoms with E-state index in [2.05, 4.69) is 4.72 Å². The van der Waals surface area contributed by atoms with Gasteiger partial charge in [0, 0.05) is 11.4 Å². The van der Waals surface area contributed by atoms with Crippen LogP contribution in [-0.4, -0.2) is 25.6 Å². The second-order valence-electron chi connectivity index (χ2n) is 4.73. The lowest BCUT2D eigenvalue weighted by Crippen LogP contribution is -2.39. The van der Waals surface area contributed by atoms with Crippen LogP contribution in [0.2, 0.25) is 0 Å². The summed E-state index contributed by atoms with van der Waals surface area (Å²) in [6.45, 7) is 0. The second-order valence-corrected chi connectivity index (χ2v) is 7.16. The average Bonchev–Trinajstić information content (AvgIpc) is 2.73. The minimum Gasteiger partial charge on any atom is -0.212 e. The molecule has 100 valence electrons. The van der Waals surface area contributed by atoms with E-state index in [9.17, 15) is 8.42 Å². The molecule has 0 aromatic heterocycles. The molecule has 2 rings (SSSR count). The fraction of sp³-hybridized carbons (Fsp3) is 0.538. The molecule has 2 atom stereocenters. The lowest BCUT2D eigenvalue weighted by Gasteiger charge is -2.15. The van der Waals surface area contributed by atoms with E-state index in [0.717, 1.165) is 24.8 Å². The van der Waals surface area contributed by atoms with E-state index in [1.165, 1.54) is 0 Å². The maximum Gasteiger partial charge on any atom is 0.212 e. The Hall–Kier alpha value is -0.580. The summed E-state index contributed by atoms with van der Waals surface area (Å²) < 4.78 is 26.6. The van der Waals surface area contributed by atoms with Gasteiger partial charge in [0.15, 0.2) is 0 Å². The molecule has 0 aliphatic heterocycles. The number of halogens is 1. The van der Waals surface area contributed by atoms with Gasteiger partial charge in [-0.15, -0.1) is 11.6 Å². The first-order valence-corrected chi connectivity index (χ1v) is 8.34. The lowest BCUT2D eigenvalue weighted by atomic mass is 10.2. The van der Waals surface area contributed by atoms with E-state index in [1.807, 2.05) is 30.3 Å². The van der Waals surface area contributed by atoms with Crippen molar-refractivity contribution in [3.8, 4) is 0 Å². The van der Waals surface area contributed by atoms with Crippen molar-refractivity contribution in [3.05, 3.63) is 35.9 Å². The first-order chi connectivity index (χ1) is 8.57. The molecule has 1 fully saturated rings. The van der Waals surface area contributed by atoms with Crippen LogP contribution in [0.1, 0.15) is 24.8 Å². The Morgan fingerprint density at radius 1 is 1.22 bits per heavy atom. The predicted octanol–water partition coefficient (Wildman–Crippen LogP) is 2.31. The van der Waals surface area contributed by atoms with Gasteiger partial charge < -0.3 is 0 Å². The molecule has 2 unspecified atom stereocenters. The lowest BCUT2D eigenvalue weighted by molar-refractivity contribution is 0.553. The highest BCUT2D eigenvalue weighted by molar-refractivity contribution is 7.89. The maximum absolute atomic E-state index is 11.9.